The van der Waals surface area contributed by atoms with Crippen molar-refractivity contribution in [2.24, 2.45) is 0 Å². The summed E-state index contributed by atoms with van der Waals surface area (Å²) in [6.45, 7) is 0. The average molecular weight is 291 g/mol. The molecule has 0 amide bonds. The summed E-state index contributed by atoms with van der Waals surface area (Å²) >= 11 is 0. The van der Waals surface area contributed by atoms with Crippen LogP contribution in [0.2, 0.25) is 0 Å². The molecule has 108 valence electrons. The van der Waals surface area contributed by atoms with E-state index in [2.05, 4.69) is 27.4 Å². The molecular formula is C17H13N3O2. The number of benzene rings is 1. The molecule has 1 fully saturated rings. The minimum absolute atomic E-state index is 0.162. The van der Waals surface area contributed by atoms with Crippen molar-refractivity contribution in [1.29, 1.82) is 0 Å². The number of anilines is 1. The van der Waals surface area contributed by atoms with Crippen molar-refractivity contribution >= 4 is 17.3 Å². The Labute approximate surface area is 127 Å². The van der Waals surface area contributed by atoms with Crippen molar-refractivity contribution < 1.29 is 9.59 Å². The second kappa shape index (κ2) is 4.87. The molecule has 5 nitrogen and oxygen atoms in total. The van der Waals surface area contributed by atoms with Crippen LogP contribution in [0.25, 0.3) is 0 Å². The van der Waals surface area contributed by atoms with Gasteiger partial charge in [0.15, 0.2) is 0 Å². The van der Waals surface area contributed by atoms with E-state index in [1.807, 2.05) is 12.1 Å². The molecule has 5 heteroatoms. The molecule has 0 bridgehead atoms. The number of hydrogen-bond acceptors (Lipinski definition) is 5. The number of carbonyl (C=O) groups is 2. The number of aromatic nitrogens is 2. The van der Waals surface area contributed by atoms with Crippen molar-refractivity contribution in [2.75, 3.05) is 5.32 Å². The summed E-state index contributed by atoms with van der Waals surface area (Å²) in [5, 5.41) is 3.02. The fraction of sp³-hybridized carbons (Fsp3) is 0.176. The third kappa shape index (κ3) is 2.20. The van der Waals surface area contributed by atoms with E-state index in [4.69, 9.17) is 0 Å². The summed E-state index contributed by atoms with van der Waals surface area (Å²) in [5.41, 5.74) is 2.77. The third-order valence-electron chi connectivity index (χ3n) is 3.95. The number of fused-ring (bicyclic) bond motifs is 1. The normalized spacial score (nSPS) is 17.0. The van der Waals surface area contributed by atoms with Gasteiger partial charge in [-0.25, -0.2) is 9.97 Å². The summed E-state index contributed by atoms with van der Waals surface area (Å²) < 4.78 is 0. The summed E-state index contributed by atoms with van der Waals surface area (Å²) in [6.07, 6.45) is 6.45. The SMILES string of the molecule is O=C1C(Nc2ccc(C3CC3)cc2)=CC(=O)c2ncncc21. The number of nitrogens with zero attached hydrogens (tertiary/aromatic N) is 2. The predicted molar refractivity (Wildman–Crippen MR) is 80.8 cm³/mol. The highest BCUT2D eigenvalue weighted by Crippen LogP contribution is 2.40. The number of Topliss-reactive ketones (excluding diaryl/α,β-unsaturated/α-hetero) is 1. The Balaban J connectivity index is 1.60. The Morgan fingerprint density at radius 1 is 1.09 bits per heavy atom. The molecule has 1 aromatic heterocycles. The highest BCUT2D eigenvalue weighted by molar-refractivity contribution is 6.24. The molecule has 22 heavy (non-hydrogen) atoms. The lowest BCUT2D eigenvalue weighted by molar-refractivity contribution is 0.0981. The van der Waals surface area contributed by atoms with Crippen molar-refractivity contribution in [3.05, 3.63) is 65.4 Å². The number of rotatable bonds is 3. The summed E-state index contributed by atoms with van der Waals surface area (Å²) in [7, 11) is 0. The van der Waals surface area contributed by atoms with Gasteiger partial charge in [-0.15, -0.1) is 0 Å². The van der Waals surface area contributed by atoms with Crippen LogP contribution in [0.4, 0.5) is 5.69 Å². The molecule has 2 aliphatic rings. The van der Waals surface area contributed by atoms with Crippen LogP contribution in [0.1, 0.15) is 45.2 Å². The standard InChI is InChI=1S/C17H13N3O2/c21-15-7-14(17(22)13-8-18-9-19-16(13)15)20-12-5-3-11(4-6-12)10-1-2-10/h3-10,20H,1-2H2. The first-order valence-corrected chi connectivity index (χ1v) is 7.20. The lowest BCUT2D eigenvalue weighted by Gasteiger charge is -2.15. The van der Waals surface area contributed by atoms with E-state index in [1.165, 1.54) is 37.0 Å². The van der Waals surface area contributed by atoms with E-state index in [9.17, 15) is 9.59 Å². The van der Waals surface area contributed by atoms with Gasteiger partial charge in [-0.1, -0.05) is 12.1 Å². The Kier molecular flexibility index (Phi) is 2.85. The van der Waals surface area contributed by atoms with Crippen molar-refractivity contribution in [1.82, 2.24) is 9.97 Å². The Morgan fingerprint density at radius 2 is 1.86 bits per heavy atom. The Bertz CT molecular complexity index is 805. The van der Waals surface area contributed by atoms with Gasteiger partial charge in [-0.2, -0.15) is 0 Å². The fourth-order valence-corrected chi connectivity index (χ4v) is 2.61. The van der Waals surface area contributed by atoms with Gasteiger partial charge < -0.3 is 5.32 Å². The van der Waals surface area contributed by atoms with E-state index >= 15 is 0 Å². The molecule has 1 heterocycles. The predicted octanol–water partition coefficient (Wildman–Crippen LogP) is 2.73. The zero-order valence-electron chi connectivity index (χ0n) is 11.7. The van der Waals surface area contributed by atoms with Crippen LogP contribution in [0.15, 0.2) is 48.6 Å². The van der Waals surface area contributed by atoms with Gasteiger partial charge in [0.2, 0.25) is 11.6 Å². The third-order valence-corrected chi connectivity index (χ3v) is 3.95. The number of carbonyl (C=O) groups excluding carboxylic acids is 2. The second-order valence-corrected chi connectivity index (χ2v) is 5.56. The van der Waals surface area contributed by atoms with Crippen LogP contribution in [0.3, 0.4) is 0 Å². The maximum absolute atomic E-state index is 12.4. The zero-order chi connectivity index (χ0) is 15.1. The van der Waals surface area contributed by atoms with Crippen molar-refractivity contribution in [3.63, 3.8) is 0 Å². The Hall–Kier alpha value is -2.82. The van der Waals surface area contributed by atoms with E-state index < -0.39 is 0 Å². The number of hydrogen-bond donors (Lipinski definition) is 1. The van der Waals surface area contributed by atoms with E-state index in [-0.39, 0.29) is 28.5 Å². The van der Waals surface area contributed by atoms with Crippen molar-refractivity contribution in [3.8, 4) is 0 Å². The number of ketones is 2. The summed E-state index contributed by atoms with van der Waals surface area (Å²) in [5.74, 6) is 0.144. The topological polar surface area (TPSA) is 72.0 Å². The average Bonchev–Trinajstić information content (AvgIpc) is 3.38. The van der Waals surface area contributed by atoms with Gasteiger partial charge in [0.05, 0.1) is 11.3 Å². The van der Waals surface area contributed by atoms with Gasteiger partial charge in [0, 0.05) is 18.0 Å². The molecule has 2 aliphatic carbocycles. The van der Waals surface area contributed by atoms with Gasteiger partial charge >= 0.3 is 0 Å². The van der Waals surface area contributed by atoms with Gasteiger partial charge in [-0.3, -0.25) is 9.59 Å². The fourth-order valence-electron chi connectivity index (χ4n) is 2.61. The lowest BCUT2D eigenvalue weighted by Crippen LogP contribution is -2.22. The molecule has 1 saturated carbocycles. The van der Waals surface area contributed by atoms with Crippen LogP contribution in [-0.4, -0.2) is 21.5 Å². The highest BCUT2D eigenvalue weighted by Gasteiger charge is 2.27. The molecule has 0 radical (unpaired) electrons. The van der Waals surface area contributed by atoms with Gasteiger partial charge in [0.1, 0.15) is 12.0 Å². The minimum Gasteiger partial charge on any atom is -0.352 e. The van der Waals surface area contributed by atoms with Gasteiger partial charge in [-0.05, 0) is 36.5 Å². The van der Waals surface area contributed by atoms with E-state index in [0.717, 1.165) is 5.69 Å². The van der Waals surface area contributed by atoms with Crippen molar-refractivity contribution in [2.45, 2.75) is 18.8 Å². The molecule has 0 unspecified atom stereocenters. The smallest absolute Gasteiger partial charge is 0.213 e. The molecule has 0 saturated heterocycles. The number of allylic oxidation sites excluding steroid dienone is 2. The first kappa shape index (κ1) is 12.9. The second-order valence-electron chi connectivity index (χ2n) is 5.56. The molecular weight excluding hydrogens is 278 g/mol. The Morgan fingerprint density at radius 3 is 2.59 bits per heavy atom. The van der Waals surface area contributed by atoms with Crippen LogP contribution >= 0.6 is 0 Å². The molecule has 0 spiro atoms. The maximum atomic E-state index is 12.4. The van der Waals surface area contributed by atoms with Crippen LogP contribution in [-0.2, 0) is 0 Å². The quantitative estimate of drug-likeness (QED) is 0.941. The molecule has 1 N–H and O–H groups in total. The largest absolute Gasteiger partial charge is 0.352 e. The molecule has 0 atom stereocenters. The van der Waals surface area contributed by atoms with E-state index in [1.54, 1.807) is 0 Å². The van der Waals surface area contributed by atoms with E-state index in [0.29, 0.717) is 5.92 Å². The zero-order valence-corrected chi connectivity index (χ0v) is 11.7. The number of nitrogens with one attached hydrogen (secondary N) is 1. The van der Waals surface area contributed by atoms with Crippen LogP contribution < -0.4 is 5.32 Å². The summed E-state index contributed by atoms with van der Waals surface area (Å²) in [4.78, 5) is 32.1. The molecule has 2 aromatic rings. The van der Waals surface area contributed by atoms with Crippen LogP contribution in [0, 0.1) is 0 Å². The molecule has 0 aliphatic heterocycles. The maximum Gasteiger partial charge on any atom is 0.213 e. The molecule has 4 rings (SSSR count). The summed E-state index contributed by atoms with van der Waals surface area (Å²) in [6, 6.07) is 7.99. The van der Waals surface area contributed by atoms with Gasteiger partial charge in [0.25, 0.3) is 0 Å². The van der Waals surface area contributed by atoms with Crippen LogP contribution in [0.5, 0.6) is 0 Å². The first-order chi connectivity index (χ1) is 10.7. The lowest BCUT2D eigenvalue weighted by atomic mass is 9.98. The first-order valence-electron chi connectivity index (χ1n) is 7.20. The highest BCUT2D eigenvalue weighted by atomic mass is 16.1. The minimum atomic E-state index is -0.283. The monoisotopic (exact) mass is 291 g/mol. The molecule has 1 aromatic carbocycles.